The van der Waals surface area contributed by atoms with Crippen LogP contribution in [-0.2, 0) is 0 Å². The minimum Gasteiger partial charge on any atom is -0.489 e. The van der Waals surface area contributed by atoms with Crippen molar-refractivity contribution in [2.45, 2.75) is 6.92 Å². The Hall–Kier alpha value is -1.82. The van der Waals surface area contributed by atoms with E-state index in [1.807, 2.05) is 13.0 Å². The van der Waals surface area contributed by atoms with Crippen molar-refractivity contribution >= 4 is 0 Å². The van der Waals surface area contributed by atoms with Crippen LogP contribution in [0.3, 0.4) is 0 Å². The first-order valence-corrected chi connectivity index (χ1v) is 4.09. The Morgan fingerprint density at radius 2 is 2.29 bits per heavy atom. The van der Waals surface area contributed by atoms with Crippen molar-refractivity contribution in [2.24, 2.45) is 0 Å². The zero-order valence-electron chi connectivity index (χ0n) is 7.88. The molecule has 1 aromatic rings. The number of halogens is 1. The fourth-order valence-corrected chi connectivity index (χ4v) is 0.917. The van der Waals surface area contributed by atoms with Crippen LogP contribution in [0.15, 0.2) is 30.4 Å². The Labute approximate surface area is 82.2 Å². The highest BCUT2D eigenvalue weighted by Gasteiger charge is 2.00. The van der Waals surface area contributed by atoms with Gasteiger partial charge in [-0.05, 0) is 24.6 Å². The molecule has 0 heterocycles. The summed E-state index contributed by atoms with van der Waals surface area (Å²) in [4.78, 5) is 0. The summed E-state index contributed by atoms with van der Waals surface area (Å²) in [7, 11) is 0. The predicted octanol–water partition coefficient (Wildman–Crippen LogP) is 2.65. The van der Waals surface area contributed by atoms with Gasteiger partial charge in [0.15, 0.2) is 0 Å². The number of rotatable bonds is 3. The molecule has 0 N–H and O–H groups in total. The maximum absolute atomic E-state index is 12.9. The molecule has 0 aliphatic heterocycles. The van der Waals surface area contributed by atoms with Gasteiger partial charge >= 0.3 is 0 Å². The van der Waals surface area contributed by atoms with E-state index >= 15 is 0 Å². The summed E-state index contributed by atoms with van der Waals surface area (Å²) in [6, 6.07) is 5.75. The van der Waals surface area contributed by atoms with Crippen LogP contribution >= 0.6 is 0 Å². The zero-order chi connectivity index (χ0) is 10.6. The van der Waals surface area contributed by atoms with Gasteiger partial charge < -0.3 is 4.74 Å². The molecule has 0 radical (unpaired) electrons. The summed E-state index contributed by atoms with van der Waals surface area (Å²) in [6.07, 6.45) is 0. The van der Waals surface area contributed by atoms with Crippen LogP contribution in [0.5, 0.6) is 5.75 Å². The average molecular weight is 191 g/mol. The monoisotopic (exact) mass is 191 g/mol. The van der Waals surface area contributed by atoms with Crippen molar-refractivity contribution < 1.29 is 9.13 Å². The molecule has 0 atom stereocenters. The molecule has 0 aromatic heterocycles. The molecule has 0 fully saturated rings. The minimum atomic E-state index is -0.472. The summed E-state index contributed by atoms with van der Waals surface area (Å²) in [5, 5.41) is 8.57. The fraction of sp³-hybridized carbons (Fsp3) is 0.182. The first-order chi connectivity index (χ1) is 6.61. The van der Waals surface area contributed by atoms with E-state index in [0.717, 1.165) is 11.6 Å². The van der Waals surface area contributed by atoms with Crippen molar-refractivity contribution in [2.75, 3.05) is 6.61 Å². The van der Waals surface area contributed by atoms with E-state index in [0.29, 0.717) is 12.4 Å². The highest BCUT2D eigenvalue weighted by atomic mass is 19.1. The third kappa shape index (κ3) is 2.91. The molecule has 1 rings (SSSR count). The van der Waals surface area contributed by atoms with Crippen LogP contribution in [0.4, 0.5) is 4.39 Å². The van der Waals surface area contributed by atoms with E-state index in [2.05, 4.69) is 6.58 Å². The van der Waals surface area contributed by atoms with Crippen molar-refractivity contribution in [3.05, 3.63) is 41.7 Å². The number of benzene rings is 1. The van der Waals surface area contributed by atoms with Gasteiger partial charge in [-0.3, -0.25) is 0 Å². The summed E-state index contributed by atoms with van der Waals surface area (Å²) >= 11 is 0. The zero-order valence-corrected chi connectivity index (χ0v) is 7.88. The molecule has 72 valence electrons. The van der Waals surface area contributed by atoms with Crippen LogP contribution < -0.4 is 4.74 Å². The molecule has 3 heteroatoms. The fourth-order valence-electron chi connectivity index (χ4n) is 0.917. The quantitative estimate of drug-likeness (QED) is 0.688. The lowest BCUT2D eigenvalue weighted by molar-refractivity contribution is 0.350. The van der Waals surface area contributed by atoms with E-state index < -0.39 is 5.82 Å². The van der Waals surface area contributed by atoms with E-state index in [1.54, 1.807) is 0 Å². The number of hydrogen-bond acceptors (Lipinski definition) is 2. The lowest BCUT2D eigenvalue weighted by Gasteiger charge is -2.05. The van der Waals surface area contributed by atoms with Gasteiger partial charge in [0.1, 0.15) is 18.2 Å². The number of hydrogen-bond donors (Lipinski definition) is 0. The molecule has 0 unspecified atom stereocenters. The van der Waals surface area contributed by atoms with Gasteiger partial charge in [0.2, 0.25) is 0 Å². The van der Waals surface area contributed by atoms with E-state index in [9.17, 15) is 4.39 Å². The van der Waals surface area contributed by atoms with Crippen LogP contribution in [0.2, 0.25) is 0 Å². The van der Waals surface area contributed by atoms with Crippen molar-refractivity contribution in [1.29, 1.82) is 5.26 Å². The molecule has 14 heavy (non-hydrogen) atoms. The molecular formula is C11H10FNO. The third-order valence-electron chi connectivity index (χ3n) is 1.49. The van der Waals surface area contributed by atoms with E-state index in [1.165, 1.54) is 12.1 Å². The Bertz CT molecular complexity index is 393. The largest absolute Gasteiger partial charge is 0.489 e. The molecule has 0 aliphatic carbocycles. The van der Waals surface area contributed by atoms with Gasteiger partial charge in [-0.25, -0.2) is 4.39 Å². The second kappa shape index (κ2) is 4.43. The molecule has 0 amide bonds. The second-order valence-corrected chi connectivity index (χ2v) is 3.03. The minimum absolute atomic E-state index is 0.252. The SMILES string of the molecule is C=C(C)COc1cc(F)cc(C#N)c1. The Morgan fingerprint density at radius 3 is 2.86 bits per heavy atom. The topological polar surface area (TPSA) is 33.0 Å². The highest BCUT2D eigenvalue weighted by molar-refractivity contribution is 5.37. The van der Waals surface area contributed by atoms with E-state index in [4.69, 9.17) is 10.00 Å². The number of ether oxygens (including phenoxy) is 1. The first-order valence-electron chi connectivity index (χ1n) is 4.09. The van der Waals surface area contributed by atoms with Crippen molar-refractivity contribution in [3.8, 4) is 11.8 Å². The van der Waals surface area contributed by atoms with Gasteiger partial charge in [-0.15, -0.1) is 0 Å². The second-order valence-electron chi connectivity index (χ2n) is 3.03. The Morgan fingerprint density at radius 1 is 1.57 bits per heavy atom. The van der Waals surface area contributed by atoms with Gasteiger partial charge in [-0.2, -0.15) is 5.26 Å². The Kier molecular flexibility index (Phi) is 3.24. The molecule has 0 bridgehead atoms. The maximum atomic E-state index is 12.9. The Balaban J connectivity index is 2.82. The molecule has 0 aliphatic rings. The molecule has 0 spiro atoms. The third-order valence-corrected chi connectivity index (χ3v) is 1.49. The van der Waals surface area contributed by atoms with Gasteiger partial charge in [-0.1, -0.05) is 6.58 Å². The molecule has 1 aromatic carbocycles. The standard InChI is InChI=1S/C11H10FNO/c1-8(2)7-14-11-4-9(6-13)3-10(12)5-11/h3-5H,1,7H2,2H3. The molecule has 0 saturated carbocycles. The van der Waals surface area contributed by atoms with E-state index in [-0.39, 0.29) is 5.56 Å². The van der Waals surface area contributed by atoms with Gasteiger partial charge in [0.05, 0.1) is 11.6 Å². The van der Waals surface area contributed by atoms with Gasteiger partial charge in [0.25, 0.3) is 0 Å². The van der Waals surface area contributed by atoms with Crippen molar-refractivity contribution in [3.63, 3.8) is 0 Å². The summed E-state index contributed by atoms with van der Waals surface area (Å²) in [5.41, 5.74) is 1.09. The summed E-state index contributed by atoms with van der Waals surface area (Å²) in [5.74, 6) is -0.120. The molecule has 2 nitrogen and oxygen atoms in total. The van der Waals surface area contributed by atoms with Crippen molar-refractivity contribution in [1.82, 2.24) is 0 Å². The lowest BCUT2D eigenvalue weighted by Crippen LogP contribution is -1.98. The lowest BCUT2D eigenvalue weighted by atomic mass is 10.2. The number of nitrogens with zero attached hydrogens (tertiary/aromatic N) is 1. The predicted molar refractivity (Wildman–Crippen MR) is 51.4 cm³/mol. The summed E-state index contributed by atoms with van der Waals surface area (Å²) in [6.45, 7) is 5.79. The smallest absolute Gasteiger partial charge is 0.128 e. The van der Waals surface area contributed by atoms with Crippen LogP contribution in [0.1, 0.15) is 12.5 Å². The van der Waals surface area contributed by atoms with Crippen LogP contribution in [0.25, 0.3) is 0 Å². The molecular weight excluding hydrogens is 181 g/mol. The highest BCUT2D eigenvalue weighted by Crippen LogP contribution is 2.16. The average Bonchev–Trinajstić information content (AvgIpc) is 2.14. The normalized spacial score (nSPS) is 9.21. The first kappa shape index (κ1) is 10.3. The summed E-state index contributed by atoms with van der Waals surface area (Å²) < 4.78 is 18.1. The maximum Gasteiger partial charge on any atom is 0.128 e. The van der Waals surface area contributed by atoms with Crippen LogP contribution in [-0.4, -0.2) is 6.61 Å². The molecule has 0 saturated heterocycles. The van der Waals surface area contributed by atoms with Crippen LogP contribution in [0, 0.1) is 17.1 Å². The number of nitriles is 1. The van der Waals surface area contributed by atoms with Gasteiger partial charge in [0, 0.05) is 6.07 Å².